The van der Waals surface area contributed by atoms with Gasteiger partial charge in [0.15, 0.2) is 0 Å². The lowest BCUT2D eigenvalue weighted by Gasteiger charge is -2.15. The Morgan fingerprint density at radius 3 is 2.83 bits per heavy atom. The first-order valence-corrected chi connectivity index (χ1v) is 7.38. The Balaban J connectivity index is 2.34. The molecule has 0 amide bonds. The second-order valence-corrected chi connectivity index (χ2v) is 5.71. The second kappa shape index (κ2) is 4.88. The van der Waals surface area contributed by atoms with Crippen LogP contribution in [0.5, 0.6) is 0 Å². The minimum Gasteiger partial charge on any atom is -0.387 e. The molecule has 1 aromatic heterocycles. The van der Waals surface area contributed by atoms with Gasteiger partial charge in [-0.3, -0.25) is 4.98 Å². The highest BCUT2D eigenvalue weighted by molar-refractivity contribution is 9.10. The standard InChI is InChI=1S/C15H17BrN2/c1-17-14-10-6-3-2-4-9-13(10)18-15-11(14)7-5-8-12(15)16/h5,7-8H,2-4,6,9H2,1H3,(H,17,18). The zero-order valence-electron chi connectivity index (χ0n) is 10.6. The van der Waals surface area contributed by atoms with Gasteiger partial charge in [-0.15, -0.1) is 0 Å². The van der Waals surface area contributed by atoms with Crippen LogP contribution in [0.15, 0.2) is 22.7 Å². The van der Waals surface area contributed by atoms with Gasteiger partial charge in [0.25, 0.3) is 0 Å². The van der Waals surface area contributed by atoms with Gasteiger partial charge in [-0.1, -0.05) is 18.6 Å². The summed E-state index contributed by atoms with van der Waals surface area (Å²) in [5.74, 6) is 0. The molecule has 1 heterocycles. The number of para-hydroxylation sites is 1. The number of hydrogen-bond donors (Lipinski definition) is 1. The molecule has 1 aliphatic carbocycles. The molecule has 3 rings (SSSR count). The maximum Gasteiger partial charge on any atom is 0.0868 e. The van der Waals surface area contributed by atoms with E-state index in [4.69, 9.17) is 4.98 Å². The largest absolute Gasteiger partial charge is 0.387 e. The fourth-order valence-electron chi connectivity index (χ4n) is 2.87. The molecule has 1 aromatic carbocycles. The summed E-state index contributed by atoms with van der Waals surface area (Å²) in [7, 11) is 2.01. The van der Waals surface area contributed by atoms with Crippen molar-refractivity contribution >= 4 is 32.5 Å². The fourth-order valence-corrected chi connectivity index (χ4v) is 3.33. The topological polar surface area (TPSA) is 24.9 Å². The molecule has 3 heteroatoms. The Morgan fingerprint density at radius 1 is 1.17 bits per heavy atom. The number of aryl methyl sites for hydroxylation is 1. The summed E-state index contributed by atoms with van der Waals surface area (Å²) >= 11 is 3.62. The van der Waals surface area contributed by atoms with E-state index in [2.05, 4.69) is 39.4 Å². The number of nitrogens with zero attached hydrogens (tertiary/aromatic N) is 1. The monoisotopic (exact) mass is 304 g/mol. The minimum atomic E-state index is 1.09. The number of rotatable bonds is 1. The van der Waals surface area contributed by atoms with Gasteiger partial charge in [-0.25, -0.2) is 0 Å². The van der Waals surface area contributed by atoms with E-state index in [1.165, 1.54) is 41.6 Å². The molecule has 0 bridgehead atoms. The molecule has 0 saturated heterocycles. The van der Waals surface area contributed by atoms with Crippen LogP contribution in [0.25, 0.3) is 10.9 Å². The number of benzene rings is 1. The van der Waals surface area contributed by atoms with Crippen molar-refractivity contribution in [3.8, 4) is 0 Å². The van der Waals surface area contributed by atoms with E-state index in [-0.39, 0.29) is 0 Å². The predicted octanol–water partition coefficient (Wildman–Crippen LogP) is 4.31. The van der Waals surface area contributed by atoms with Crippen LogP contribution in [0.4, 0.5) is 5.69 Å². The van der Waals surface area contributed by atoms with E-state index >= 15 is 0 Å². The smallest absolute Gasteiger partial charge is 0.0868 e. The highest BCUT2D eigenvalue weighted by atomic mass is 79.9. The van der Waals surface area contributed by atoms with E-state index in [0.717, 1.165) is 22.8 Å². The van der Waals surface area contributed by atoms with Gasteiger partial charge in [-0.2, -0.15) is 0 Å². The van der Waals surface area contributed by atoms with Crippen molar-refractivity contribution in [3.63, 3.8) is 0 Å². The first-order valence-electron chi connectivity index (χ1n) is 6.59. The van der Waals surface area contributed by atoms with Crippen molar-refractivity contribution in [1.82, 2.24) is 4.98 Å². The summed E-state index contributed by atoms with van der Waals surface area (Å²) < 4.78 is 1.09. The van der Waals surface area contributed by atoms with E-state index in [9.17, 15) is 0 Å². The summed E-state index contributed by atoms with van der Waals surface area (Å²) in [6, 6.07) is 6.31. The van der Waals surface area contributed by atoms with Crippen molar-refractivity contribution in [3.05, 3.63) is 33.9 Å². The average Bonchev–Trinajstić information content (AvgIpc) is 2.62. The van der Waals surface area contributed by atoms with Crippen LogP contribution >= 0.6 is 15.9 Å². The third-order valence-electron chi connectivity index (χ3n) is 3.74. The molecule has 18 heavy (non-hydrogen) atoms. The van der Waals surface area contributed by atoms with E-state index in [1.54, 1.807) is 0 Å². The van der Waals surface area contributed by atoms with Gasteiger partial charge >= 0.3 is 0 Å². The van der Waals surface area contributed by atoms with Crippen LogP contribution in [0.3, 0.4) is 0 Å². The number of pyridine rings is 1. The SMILES string of the molecule is CNc1c2c(nc3c(Br)cccc13)CCCCC2. The minimum absolute atomic E-state index is 1.09. The van der Waals surface area contributed by atoms with E-state index < -0.39 is 0 Å². The molecule has 1 N–H and O–H groups in total. The Morgan fingerprint density at radius 2 is 2.00 bits per heavy atom. The Bertz CT molecular complexity index is 593. The summed E-state index contributed by atoms with van der Waals surface area (Å²) in [4.78, 5) is 4.90. The Hall–Kier alpha value is -1.09. The second-order valence-electron chi connectivity index (χ2n) is 4.86. The first kappa shape index (κ1) is 12.0. The molecular formula is C15H17BrN2. The van der Waals surface area contributed by atoms with Crippen molar-refractivity contribution < 1.29 is 0 Å². The molecule has 0 fully saturated rings. The van der Waals surface area contributed by atoms with Gasteiger partial charge in [0.1, 0.15) is 0 Å². The predicted molar refractivity (Wildman–Crippen MR) is 80.2 cm³/mol. The normalized spacial score (nSPS) is 15.2. The Labute approximate surface area is 116 Å². The summed E-state index contributed by atoms with van der Waals surface area (Å²) in [6.45, 7) is 0. The number of halogens is 1. The summed E-state index contributed by atoms with van der Waals surface area (Å²) in [6.07, 6.45) is 6.13. The van der Waals surface area contributed by atoms with Crippen LogP contribution in [0.2, 0.25) is 0 Å². The van der Waals surface area contributed by atoms with Gasteiger partial charge in [0.05, 0.1) is 5.52 Å². The third kappa shape index (κ3) is 1.91. The van der Waals surface area contributed by atoms with Crippen LogP contribution in [0, 0.1) is 0 Å². The molecule has 2 aromatic rings. The fraction of sp³-hybridized carbons (Fsp3) is 0.400. The third-order valence-corrected chi connectivity index (χ3v) is 4.38. The number of hydrogen-bond acceptors (Lipinski definition) is 2. The summed E-state index contributed by atoms with van der Waals surface area (Å²) in [5.41, 5.74) is 5.08. The van der Waals surface area contributed by atoms with Crippen LogP contribution < -0.4 is 5.32 Å². The van der Waals surface area contributed by atoms with Crippen molar-refractivity contribution in [2.24, 2.45) is 0 Å². The molecule has 0 unspecified atom stereocenters. The quantitative estimate of drug-likeness (QED) is 0.794. The average molecular weight is 305 g/mol. The van der Waals surface area contributed by atoms with E-state index in [0.29, 0.717) is 0 Å². The van der Waals surface area contributed by atoms with E-state index in [1.807, 2.05) is 7.05 Å². The summed E-state index contributed by atoms with van der Waals surface area (Å²) in [5, 5.41) is 4.62. The van der Waals surface area contributed by atoms with Crippen molar-refractivity contribution in [2.75, 3.05) is 12.4 Å². The molecule has 0 saturated carbocycles. The lowest BCUT2D eigenvalue weighted by Crippen LogP contribution is -2.03. The number of anilines is 1. The molecule has 2 nitrogen and oxygen atoms in total. The zero-order valence-corrected chi connectivity index (χ0v) is 12.2. The number of nitrogens with one attached hydrogen (secondary N) is 1. The van der Waals surface area contributed by atoms with Crippen LogP contribution in [-0.4, -0.2) is 12.0 Å². The highest BCUT2D eigenvalue weighted by Crippen LogP contribution is 2.34. The molecule has 0 radical (unpaired) electrons. The van der Waals surface area contributed by atoms with Crippen LogP contribution in [-0.2, 0) is 12.8 Å². The molecule has 1 aliphatic rings. The zero-order chi connectivity index (χ0) is 12.5. The van der Waals surface area contributed by atoms with Gasteiger partial charge in [-0.05, 0) is 53.2 Å². The molecule has 0 atom stereocenters. The van der Waals surface area contributed by atoms with Crippen LogP contribution in [0.1, 0.15) is 30.5 Å². The number of fused-ring (bicyclic) bond motifs is 2. The molecular weight excluding hydrogens is 288 g/mol. The maximum atomic E-state index is 4.90. The molecule has 94 valence electrons. The van der Waals surface area contributed by atoms with Gasteiger partial charge < -0.3 is 5.32 Å². The molecule has 0 aliphatic heterocycles. The van der Waals surface area contributed by atoms with Crippen molar-refractivity contribution in [1.29, 1.82) is 0 Å². The highest BCUT2D eigenvalue weighted by Gasteiger charge is 2.17. The Kier molecular flexibility index (Phi) is 3.25. The van der Waals surface area contributed by atoms with Gasteiger partial charge in [0.2, 0.25) is 0 Å². The maximum absolute atomic E-state index is 4.90. The molecule has 0 spiro atoms. The first-order chi connectivity index (χ1) is 8.81. The lowest BCUT2D eigenvalue weighted by atomic mass is 10.0. The van der Waals surface area contributed by atoms with Crippen molar-refractivity contribution in [2.45, 2.75) is 32.1 Å². The van der Waals surface area contributed by atoms with Gasteiger partial charge in [0, 0.05) is 28.3 Å². The lowest BCUT2D eigenvalue weighted by molar-refractivity contribution is 0.709. The number of aromatic nitrogens is 1.